The van der Waals surface area contributed by atoms with Gasteiger partial charge in [0.05, 0.1) is 19.8 Å². The Morgan fingerprint density at radius 3 is 1.51 bits per heavy atom. The molecular weight excluding hydrogens is 675 g/mol. The Morgan fingerprint density at radius 2 is 1.13 bits per heavy atom. The van der Waals surface area contributed by atoms with Crippen LogP contribution in [0.25, 0.3) is 0 Å². The van der Waals surface area contributed by atoms with Crippen LogP contribution in [0.2, 0.25) is 54.4 Å². The van der Waals surface area contributed by atoms with Crippen molar-refractivity contribution in [2.24, 2.45) is 0 Å². The zero-order valence-electron chi connectivity index (χ0n) is 33.2. The van der Waals surface area contributed by atoms with Crippen LogP contribution in [0.1, 0.15) is 94.6 Å². The summed E-state index contributed by atoms with van der Waals surface area (Å²) in [6.45, 7) is 39.4. The maximum Gasteiger partial charge on any atom is 0.220 e. The summed E-state index contributed by atoms with van der Waals surface area (Å²) < 4.78 is 20.5. The highest BCUT2D eigenvalue weighted by atomic mass is 33.1. The van der Waals surface area contributed by atoms with Crippen LogP contribution in [-0.4, -0.2) is 72.7 Å². The molecule has 2 N–H and O–H groups in total. The second-order valence-corrected chi connectivity index (χ2v) is 35.8. The van der Waals surface area contributed by atoms with Crippen LogP contribution in [-0.2, 0) is 24.5 Å². The molecule has 274 valence electrons. The van der Waals surface area contributed by atoms with E-state index in [9.17, 15) is 9.90 Å². The summed E-state index contributed by atoms with van der Waals surface area (Å²) in [5.74, 6) is 0.000787. The van der Waals surface area contributed by atoms with Crippen LogP contribution in [0.4, 0.5) is 0 Å². The third-order valence-corrected chi connectivity index (χ3v) is 27.5. The molecule has 47 heavy (non-hydrogen) atoms. The van der Waals surface area contributed by atoms with E-state index in [1.165, 1.54) is 0 Å². The highest BCUT2D eigenvalue weighted by molar-refractivity contribution is 8.77. The van der Waals surface area contributed by atoms with E-state index in [1.54, 1.807) is 21.6 Å². The second kappa shape index (κ2) is 16.9. The van der Waals surface area contributed by atoms with Crippen molar-refractivity contribution in [3.63, 3.8) is 0 Å². The Bertz CT molecular complexity index is 1060. The monoisotopic (exact) mass is 745 g/mol. The number of carbonyl (C=O) groups excluding carboxylic acids is 1. The van der Waals surface area contributed by atoms with Gasteiger partial charge >= 0.3 is 0 Å². The molecule has 0 saturated heterocycles. The van der Waals surface area contributed by atoms with Crippen LogP contribution in [0.15, 0.2) is 29.2 Å². The number of hydrogen-bond acceptors (Lipinski definition) is 7. The fourth-order valence-electron chi connectivity index (χ4n) is 3.72. The Hall–Kier alpha value is -0.119. The van der Waals surface area contributed by atoms with Crippen LogP contribution in [0.3, 0.4) is 0 Å². The van der Waals surface area contributed by atoms with Gasteiger partial charge in [-0.25, -0.2) is 0 Å². The quantitative estimate of drug-likeness (QED) is 0.114. The number of benzene rings is 1. The lowest BCUT2D eigenvalue weighted by atomic mass is 10.0. The Kier molecular flexibility index (Phi) is 16.2. The summed E-state index contributed by atoms with van der Waals surface area (Å²) in [5, 5.41) is 13.1. The van der Waals surface area contributed by atoms with E-state index >= 15 is 0 Å². The minimum atomic E-state index is -2.15. The van der Waals surface area contributed by atoms with E-state index in [0.717, 1.165) is 10.5 Å². The molecule has 0 atom stereocenters. The standard InChI is InChI=1S/C36H71NO5S2Si3/c1-32(2,3)45(12,13)40-26-36(27-41-46(14,15)33(4,5)6,28-42-47(16,17)34(7,8)9)37-31(39)22-24-35(10,11)44-43-30-21-19-18-20-29(30)23-25-38/h18-21,38H,22-28H2,1-17H3,(H,37,39). The molecule has 1 rings (SSSR count). The van der Waals surface area contributed by atoms with Gasteiger partial charge in [0.1, 0.15) is 5.54 Å². The van der Waals surface area contributed by atoms with E-state index in [4.69, 9.17) is 13.3 Å². The maximum absolute atomic E-state index is 14.0. The molecule has 11 heteroatoms. The van der Waals surface area contributed by atoms with Gasteiger partial charge in [-0.05, 0) is 92.7 Å². The molecule has 0 aliphatic heterocycles. The molecule has 1 amide bonds. The van der Waals surface area contributed by atoms with Crippen LogP contribution in [0.5, 0.6) is 0 Å². The minimum Gasteiger partial charge on any atom is -0.414 e. The molecule has 0 spiro atoms. The van der Waals surface area contributed by atoms with Crippen molar-refractivity contribution in [1.82, 2.24) is 5.32 Å². The summed E-state index contributed by atoms with van der Waals surface area (Å²) in [4.78, 5) is 15.2. The van der Waals surface area contributed by atoms with Crippen LogP contribution in [0, 0.1) is 0 Å². The molecule has 0 fully saturated rings. The first-order chi connectivity index (χ1) is 21.0. The molecular formula is C36H71NO5S2Si3. The van der Waals surface area contributed by atoms with Crippen molar-refractivity contribution in [2.75, 3.05) is 26.4 Å². The van der Waals surface area contributed by atoms with Crippen molar-refractivity contribution in [3.05, 3.63) is 29.8 Å². The number of amides is 1. The third-order valence-electron chi connectivity index (χ3n) is 10.6. The van der Waals surface area contributed by atoms with Gasteiger partial charge < -0.3 is 23.7 Å². The maximum atomic E-state index is 14.0. The van der Waals surface area contributed by atoms with Gasteiger partial charge in [-0.15, -0.1) is 0 Å². The summed E-state index contributed by atoms with van der Waals surface area (Å²) >= 11 is 0. The van der Waals surface area contributed by atoms with Crippen molar-refractivity contribution in [2.45, 2.75) is 165 Å². The first kappa shape index (κ1) is 44.9. The summed E-state index contributed by atoms with van der Waals surface area (Å²) in [6.07, 6.45) is 1.74. The molecule has 0 aromatic heterocycles. The lowest BCUT2D eigenvalue weighted by Crippen LogP contribution is -2.63. The number of aliphatic hydroxyl groups is 1. The Labute approximate surface area is 300 Å². The minimum absolute atomic E-state index is 0.000787. The number of rotatable bonds is 18. The summed E-state index contributed by atoms with van der Waals surface area (Å²) in [5.41, 5.74) is 0.337. The van der Waals surface area contributed by atoms with E-state index in [0.29, 0.717) is 39.1 Å². The fourth-order valence-corrected chi connectivity index (χ4v) is 9.53. The SMILES string of the molecule is CC(C)(CCC(=O)NC(CO[Si](C)(C)C(C)(C)C)(CO[Si](C)(C)C(C)(C)C)CO[Si](C)(C)C(C)(C)C)SSc1ccccc1CCO. The van der Waals surface area contributed by atoms with Crippen molar-refractivity contribution in [1.29, 1.82) is 0 Å². The van der Waals surface area contributed by atoms with E-state index in [2.05, 4.69) is 133 Å². The fraction of sp³-hybridized carbons (Fsp3) is 0.806. The highest BCUT2D eigenvalue weighted by Gasteiger charge is 2.46. The smallest absolute Gasteiger partial charge is 0.220 e. The first-order valence-corrected chi connectivity index (χ1v) is 28.1. The zero-order valence-corrected chi connectivity index (χ0v) is 37.8. The molecule has 0 aliphatic rings. The molecule has 0 radical (unpaired) electrons. The van der Waals surface area contributed by atoms with Gasteiger partial charge in [-0.1, -0.05) is 102 Å². The largest absolute Gasteiger partial charge is 0.414 e. The lowest BCUT2D eigenvalue weighted by molar-refractivity contribution is -0.125. The molecule has 0 heterocycles. The Balaban J connectivity index is 3.35. The summed E-state index contributed by atoms with van der Waals surface area (Å²) in [6, 6.07) is 8.23. The zero-order chi connectivity index (χ0) is 36.8. The number of nitrogens with one attached hydrogen (secondary N) is 1. The van der Waals surface area contributed by atoms with Gasteiger partial charge in [0.25, 0.3) is 0 Å². The lowest BCUT2D eigenvalue weighted by Gasteiger charge is -2.46. The van der Waals surface area contributed by atoms with Gasteiger partial charge in [0, 0.05) is 22.7 Å². The van der Waals surface area contributed by atoms with Crippen molar-refractivity contribution >= 4 is 52.4 Å². The third kappa shape index (κ3) is 14.2. The van der Waals surface area contributed by atoms with E-state index < -0.39 is 30.5 Å². The van der Waals surface area contributed by atoms with E-state index in [1.807, 2.05) is 12.1 Å². The van der Waals surface area contributed by atoms with Gasteiger partial charge in [0.15, 0.2) is 25.0 Å². The molecule has 0 unspecified atom stereocenters. The average Bonchev–Trinajstić information content (AvgIpc) is 2.91. The first-order valence-electron chi connectivity index (χ1n) is 17.3. The van der Waals surface area contributed by atoms with Crippen molar-refractivity contribution < 1.29 is 23.2 Å². The number of carbonyl (C=O) groups is 1. The van der Waals surface area contributed by atoms with Crippen LogP contribution < -0.4 is 5.32 Å². The van der Waals surface area contributed by atoms with E-state index in [-0.39, 0.29) is 32.4 Å². The van der Waals surface area contributed by atoms with Gasteiger partial charge in [0.2, 0.25) is 5.91 Å². The number of hydrogen-bond donors (Lipinski definition) is 2. The molecule has 1 aromatic rings. The predicted octanol–water partition coefficient (Wildman–Crippen LogP) is 10.4. The second-order valence-electron chi connectivity index (χ2n) is 18.5. The average molecular weight is 746 g/mol. The topological polar surface area (TPSA) is 77.0 Å². The predicted molar refractivity (Wildman–Crippen MR) is 214 cm³/mol. The van der Waals surface area contributed by atoms with Gasteiger partial charge in [-0.3, -0.25) is 4.79 Å². The van der Waals surface area contributed by atoms with Crippen molar-refractivity contribution in [3.8, 4) is 0 Å². The molecule has 0 saturated carbocycles. The molecule has 0 bridgehead atoms. The normalized spacial score (nSPS) is 14.4. The Morgan fingerprint density at radius 1 is 0.723 bits per heavy atom. The highest BCUT2D eigenvalue weighted by Crippen LogP contribution is 2.45. The molecule has 0 aliphatic carbocycles. The summed E-state index contributed by atoms with van der Waals surface area (Å²) in [7, 11) is -2.95. The molecule has 6 nitrogen and oxygen atoms in total. The molecule has 1 aromatic carbocycles. The number of aliphatic hydroxyl groups excluding tert-OH is 1. The van der Waals surface area contributed by atoms with Gasteiger partial charge in [-0.2, -0.15) is 0 Å². The van der Waals surface area contributed by atoms with Crippen LogP contribution >= 0.6 is 21.6 Å².